The van der Waals surface area contributed by atoms with Crippen molar-refractivity contribution in [2.75, 3.05) is 0 Å². The van der Waals surface area contributed by atoms with E-state index in [1.165, 1.54) is 0 Å². The summed E-state index contributed by atoms with van der Waals surface area (Å²) in [5.41, 5.74) is -0.300. The van der Waals surface area contributed by atoms with Gasteiger partial charge in [-0.2, -0.15) is 0 Å². The maximum absolute atomic E-state index is 12.3. The van der Waals surface area contributed by atoms with Crippen LogP contribution in [-0.4, -0.2) is 10.2 Å². The number of hydrogen-bond donors (Lipinski definition) is 0. The topological polar surface area (TPSA) is 30.0 Å². The van der Waals surface area contributed by atoms with Crippen LogP contribution in [0.3, 0.4) is 0 Å². The lowest BCUT2D eigenvalue weighted by atomic mass is 10.3. The first kappa shape index (κ1) is 8.07. The molecule has 1 aromatic rings. The van der Waals surface area contributed by atoms with Gasteiger partial charge in [0.05, 0.1) is 6.20 Å². The lowest BCUT2D eigenvalue weighted by molar-refractivity contribution is 0.107. The van der Waals surface area contributed by atoms with Gasteiger partial charge in [0.2, 0.25) is 0 Å². The quantitative estimate of drug-likeness (QED) is 0.612. The molecule has 0 bridgehead atoms. The highest BCUT2D eigenvalue weighted by Crippen LogP contribution is 2.06. The van der Waals surface area contributed by atoms with Crippen molar-refractivity contribution in [3.63, 3.8) is 0 Å². The maximum Gasteiger partial charge on any atom is 0.270 e. The smallest absolute Gasteiger partial charge is 0.270 e. The largest absolute Gasteiger partial charge is 0.274 e. The lowest BCUT2D eigenvalue weighted by Gasteiger charge is -1.92. The Morgan fingerprint density at radius 3 is 2.55 bits per heavy atom. The zero-order valence-corrected chi connectivity index (χ0v) is 5.90. The van der Waals surface area contributed by atoms with Crippen LogP contribution in [0.25, 0.3) is 0 Å². The van der Waals surface area contributed by atoms with Crippen LogP contribution in [0.4, 0.5) is 8.78 Å². The van der Waals surface area contributed by atoms with Crippen molar-refractivity contribution in [2.45, 2.75) is 0 Å². The van der Waals surface area contributed by atoms with Gasteiger partial charge in [-0.1, -0.05) is 0 Å². The molecule has 0 aliphatic carbocycles. The molecule has 5 heteroatoms. The minimum absolute atomic E-state index is 0.300. The molecule has 58 valence electrons. The van der Waals surface area contributed by atoms with Gasteiger partial charge in [-0.3, -0.25) is 4.79 Å². The van der Waals surface area contributed by atoms with E-state index in [2.05, 4.69) is 4.98 Å². The van der Waals surface area contributed by atoms with Crippen LogP contribution in [0.2, 0.25) is 0 Å². The third-order valence-electron chi connectivity index (χ3n) is 1.01. The Kier molecular flexibility index (Phi) is 2.14. The number of carbonyl (C=O) groups is 1. The molecule has 0 amide bonds. The van der Waals surface area contributed by atoms with Crippen molar-refractivity contribution in [2.24, 2.45) is 0 Å². The van der Waals surface area contributed by atoms with Gasteiger partial charge in [-0.05, 0) is 11.6 Å². The predicted molar refractivity (Wildman–Crippen MR) is 34.3 cm³/mol. The van der Waals surface area contributed by atoms with Crippen molar-refractivity contribution < 1.29 is 13.6 Å². The summed E-state index contributed by atoms with van der Waals surface area (Å²) < 4.78 is 24.5. The highest BCUT2D eigenvalue weighted by molar-refractivity contribution is 6.67. The number of rotatable bonds is 1. The molecule has 0 aliphatic rings. The van der Waals surface area contributed by atoms with Gasteiger partial charge in [0.15, 0.2) is 11.6 Å². The molecule has 11 heavy (non-hydrogen) atoms. The molecule has 0 radical (unpaired) electrons. The third kappa shape index (κ3) is 1.71. The molecule has 0 atom stereocenters. The van der Waals surface area contributed by atoms with Crippen molar-refractivity contribution >= 4 is 16.8 Å². The van der Waals surface area contributed by atoms with Crippen LogP contribution in [0, 0.1) is 11.6 Å². The van der Waals surface area contributed by atoms with E-state index >= 15 is 0 Å². The van der Waals surface area contributed by atoms with Crippen molar-refractivity contribution in [3.8, 4) is 0 Å². The average Bonchev–Trinajstić information content (AvgIpc) is 1.94. The lowest BCUT2D eigenvalue weighted by Crippen LogP contribution is -1.96. The highest BCUT2D eigenvalue weighted by atomic mass is 35.5. The highest BCUT2D eigenvalue weighted by Gasteiger charge is 2.07. The molecular formula is C6H2ClF2NO. The molecule has 0 saturated carbocycles. The van der Waals surface area contributed by atoms with E-state index in [-0.39, 0.29) is 5.69 Å². The molecule has 0 aliphatic heterocycles. The first-order valence-electron chi connectivity index (χ1n) is 2.62. The second kappa shape index (κ2) is 2.92. The Bertz CT molecular complexity index is 303. The van der Waals surface area contributed by atoms with E-state index in [4.69, 9.17) is 11.6 Å². The second-order valence-electron chi connectivity index (χ2n) is 1.76. The molecular weight excluding hydrogens is 176 g/mol. The van der Waals surface area contributed by atoms with E-state index in [1.54, 1.807) is 0 Å². The Morgan fingerprint density at radius 1 is 1.45 bits per heavy atom. The normalized spacial score (nSPS) is 9.73. The number of pyridine rings is 1. The zero-order chi connectivity index (χ0) is 8.43. The van der Waals surface area contributed by atoms with E-state index in [9.17, 15) is 13.6 Å². The number of carbonyl (C=O) groups excluding carboxylic acids is 1. The fourth-order valence-electron chi connectivity index (χ4n) is 0.522. The van der Waals surface area contributed by atoms with Gasteiger partial charge in [-0.15, -0.1) is 0 Å². The van der Waals surface area contributed by atoms with Gasteiger partial charge in [0, 0.05) is 6.07 Å². The molecule has 0 saturated heterocycles. The zero-order valence-electron chi connectivity index (χ0n) is 5.14. The van der Waals surface area contributed by atoms with Crippen LogP contribution in [-0.2, 0) is 0 Å². The standard InChI is InChI=1S/C6H2ClF2NO/c7-6(11)5-1-3(8)4(9)2-10-5/h1-2H. The van der Waals surface area contributed by atoms with Crippen molar-refractivity contribution in [3.05, 3.63) is 29.6 Å². The van der Waals surface area contributed by atoms with Crippen molar-refractivity contribution in [1.82, 2.24) is 4.98 Å². The summed E-state index contributed by atoms with van der Waals surface area (Å²) in [6, 6.07) is 0.644. The van der Waals surface area contributed by atoms with Gasteiger partial charge < -0.3 is 0 Å². The van der Waals surface area contributed by atoms with Crippen LogP contribution in [0.1, 0.15) is 10.5 Å². The average molecular weight is 178 g/mol. The van der Waals surface area contributed by atoms with Gasteiger partial charge in [0.25, 0.3) is 5.24 Å². The summed E-state index contributed by atoms with van der Waals surface area (Å²) in [4.78, 5) is 13.6. The van der Waals surface area contributed by atoms with E-state index in [0.717, 1.165) is 0 Å². The van der Waals surface area contributed by atoms with Crippen LogP contribution < -0.4 is 0 Å². The monoisotopic (exact) mass is 177 g/mol. The Labute approximate surface area is 65.8 Å². The SMILES string of the molecule is O=C(Cl)c1cc(F)c(F)cn1. The summed E-state index contributed by atoms with van der Waals surface area (Å²) in [6.45, 7) is 0. The third-order valence-corrected chi connectivity index (χ3v) is 1.20. The van der Waals surface area contributed by atoms with Gasteiger partial charge >= 0.3 is 0 Å². The van der Waals surface area contributed by atoms with Crippen LogP contribution >= 0.6 is 11.6 Å². The fourth-order valence-corrected chi connectivity index (χ4v) is 0.625. The first-order valence-corrected chi connectivity index (χ1v) is 3.00. The summed E-state index contributed by atoms with van der Waals surface area (Å²) in [7, 11) is 0. The minimum Gasteiger partial charge on any atom is -0.274 e. The molecule has 1 heterocycles. The fraction of sp³-hybridized carbons (Fsp3) is 0. The summed E-state index contributed by atoms with van der Waals surface area (Å²) >= 11 is 4.94. The number of aromatic nitrogens is 1. The van der Waals surface area contributed by atoms with Crippen LogP contribution in [0.15, 0.2) is 12.3 Å². The molecule has 0 N–H and O–H groups in total. The summed E-state index contributed by atoms with van der Waals surface area (Å²) in [5.74, 6) is -2.24. The number of hydrogen-bond acceptors (Lipinski definition) is 2. The number of halogens is 3. The summed E-state index contributed by atoms with van der Waals surface area (Å²) in [5, 5.41) is -0.913. The Morgan fingerprint density at radius 2 is 2.09 bits per heavy atom. The molecule has 1 rings (SSSR count). The molecule has 1 aromatic heterocycles. The molecule has 2 nitrogen and oxygen atoms in total. The maximum atomic E-state index is 12.3. The van der Waals surface area contributed by atoms with E-state index < -0.39 is 16.9 Å². The molecule has 0 fully saturated rings. The van der Waals surface area contributed by atoms with E-state index in [1.807, 2.05) is 0 Å². The van der Waals surface area contributed by atoms with E-state index in [0.29, 0.717) is 12.3 Å². The Hall–Kier alpha value is -1.03. The minimum atomic E-state index is -1.14. The predicted octanol–water partition coefficient (Wildman–Crippen LogP) is 1.74. The molecule has 0 unspecified atom stereocenters. The van der Waals surface area contributed by atoms with Gasteiger partial charge in [0.1, 0.15) is 5.69 Å². The van der Waals surface area contributed by atoms with Crippen LogP contribution in [0.5, 0.6) is 0 Å². The molecule has 0 spiro atoms. The molecule has 0 aromatic carbocycles. The Balaban J connectivity index is 3.15. The van der Waals surface area contributed by atoms with Crippen molar-refractivity contribution in [1.29, 1.82) is 0 Å². The van der Waals surface area contributed by atoms with Gasteiger partial charge in [-0.25, -0.2) is 13.8 Å². The summed E-state index contributed by atoms with van der Waals surface area (Å²) in [6.07, 6.45) is 0.602. The number of nitrogens with zero attached hydrogens (tertiary/aromatic N) is 1. The first-order chi connectivity index (χ1) is 5.11. The second-order valence-corrected chi connectivity index (χ2v) is 2.10.